The fraction of sp³-hybridized carbons (Fsp3) is 0.625. The van der Waals surface area contributed by atoms with Crippen molar-refractivity contribution in [2.75, 3.05) is 20.1 Å². The quantitative estimate of drug-likeness (QED) is 0.878. The van der Waals surface area contributed by atoms with Gasteiger partial charge in [0.15, 0.2) is 0 Å². The Labute approximate surface area is 126 Å². The van der Waals surface area contributed by atoms with Gasteiger partial charge in [0.1, 0.15) is 0 Å². The molecular formula is C16H24ClNO2. The van der Waals surface area contributed by atoms with Gasteiger partial charge in [-0.05, 0) is 43.5 Å². The third kappa shape index (κ3) is 4.45. The summed E-state index contributed by atoms with van der Waals surface area (Å²) in [5.74, 6) is 0.339. The normalized spacial score (nSPS) is 24.9. The zero-order valence-corrected chi connectivity index (χ0v) is 12.8. The van der Waals surface area contributed by atoms with Gasteiger partial charge in [-0.15, -0.1) is 0 Å². The van der Waals surface area contributed by atoms with Crippen molar-refractivity contribution in [3.05, 3.63) is 34.9 Å². The molecule has 1 aliphatic carbocycles. The highest BCUT2D eigenvalue weighted by molar-refractivity contribution is 6.30. The maximum absolute atomic E-state index is 10.2. The molecule has 1 aliphatic rings. The van der Waals surface area contributed by atoms with Crippen molar-refractivity contribution in [3.63, 3.8) is 0 Å². The molecule has 3 atom stereocenters. The van der Waals surface area contributed by atoms with E-state index in [2.05, 4.69) is 4.90 Å². The van der Waals surface area contributed by atoms with Gasteiger partial charge in [0.25, 0.3) is 0 Å². The number of aliphatic hydroxyl groups is 2. The minimum absolute atomic E-state index is 0.182. The van der Waals surface area contributed by atoms with Gasteiger partial charge in [0.05, 0.1) is 12.2 Å². The van der Waals surface area contributed by atoms with E-state index in [1.54, 1.807) is 12.1 Å². The molecule has 2 N–H and O–H groups in total. The van der Waals surface area contributed by atoms with Crippen molar-refractivity contribution in [1.29, 1.82) is 0 Å². The smallest absolute Gasteiger partial charge is 0.0916 e. The number of rotatable bonds is 5. The molecule has 3 unspecified atom stereocenters. The number of nitrogens with zero attached hydrogens (tertiary/aromatic N) is 1. The molecule has 0 aromatic heterocycles. The van der Waals surface area contributed by atoms with Crippen molar-refractivity contribution < 1.29 is 10.2 Å². The minimum atomic E-state index is -0.516. The second-order valence-corrected chi connectivity index (χ2v) is 6.34. The van der Waals surface area contributed by atoms with Gasteiger partial charge in [0, 0.05) is 18.1 Å². The first-order chi connectivity index (χ1) is 9.56. The highest BCUT2D eigenvalue weighted by atomic mass is 35.5. The highest BCUT2D eigenvalue weighted by Crippen LogP contribution is 2.25. The number of aliphatic hydroxyl groups excluding tert-OH is 2. The molecular weight excluding hydrogens is 274 g/mol. The molecule has 0 heterocycles. The van der Waals surface area contributed by atoms with Crippen LogP contribution in [0.25, 0.3) is 0 Å². The summed E-state index contributed by atoms with van der Waals surface area (Å²) in [4.78, 5) is 2.11. The molecule has 0 radical (unpaired) electrons. The van der Waals surface area contributed by atoms with Gasteiger partial charge < -0.3 is 15.1 Å². The lowest BCUT2D eigenvalue weighted by Crippen LogP contribution is -2.36. The van der Waals surface area contributed by atoms with Crippen LogP contribution in [0.1, 0.15) is 37.4 Å². The van der Waals surface area contributed by atoms with Crippen molar-refractivity contribution >= 4 is 11.6 Å². The first-order valence-corrected chi connectivity index (χ1v) is 7.74. The Balaban J connectivity index is 1.84. The molecule has 0 spiro atoms. The second-order valence-electron chi connectivity index (χ2n) is 5.90. The summed E-state index contributed by atoms with van der Waals surface area (Å²) in [6.07, 6.45) is 3.64. The monoisotopic (exact) mass is 297 g/mol. The summed E-state index contributed by atoms with van der Waals surface area (Å²) in [6.45, 7) is 1.41. The Morgan fingerprint density at radius 3 is 2.55 bits per heavy atom. The van der Waals surface area contributed by atoms with Crippen LogP contribution >= 0.6 is 11.6 Å². The van der Waals surface area contributed by atoms with E-state index in [0.717, 1.165) is 31.4 Å². The van der Waals surface area contributed by atoms with E-state index in [0.29, 0.717) is 17.5 Å². The molecule has 1 aromatic rings. The standard InChI is InChI=1S/C16H24ClNO2/c1-18(10-13-4-2-3-5-15(13)19)11-16(20)12-6-8-14(17)9-7-12/h6-9,13,15-16,19-20H,2-5,10-11H2,1H3. The van der Waals surface area contributed by atoms with E-state index in [9.17, 15) is 10.2 Å². The number of hydrogen-bond acceptors (Lipinski definition) is 3. The third-order valence-electron chi connectivity index (χ3n) is 4.15. The fourth-order valence-electron chi connectivity index (χ4n) is 2.96. The second kappa shape index (κ2) is 7.41. The van der Waals surface area contributed by atoms with E-state index >= 15 is 0 Å². The third-order valence-corrected chi connectivity index (χ3v) is 4.41. The summed E-state index contributed by atoms with van der Waals surface area (Å²) >= 11 is 5.85. The van der Waals surface area contributed by atoms with E-state index in [1.165, 1.54) is 6.42 Å². The van der Waals surface area contributed by atoms with Gasteiger partial charge in [0.2, 0.25) is 0 Å². The molecule has 0 amide bonds. The highest BCUT2D eigenvalue weighted by Gasteiger charge is 2.24. The number of halogens is 1. The zero-order chi connectivity index (χ0) is 14.5. The van der Waals surface area contributed by atoms with Crippen LogP contribution in [-0.4, -0.2) is 41.4 Å². The Hall–Kier alpha value is -0.610. The summed E-state index contributed by atoms with van der Waals surface area (Å²) in [7, 11) is 2.00. The van der Waals surface area contributed by atoms with Crippen LogP contribution in [0.15, 0.2) is 24.3 Å². The van der Waals surface area contributed by atoms with E-state index in [4.69, 9.17) is 11.6 Å². The summed E-state index contributed by atoms with van der Waals surface area (Å²) in [5.41, 5.74) is 0.880. The molecule has 3 nitrogen and oxygen atoms in total. The SMILES string of the molecule is CN(CC(O)c1ccc(Cl)cc1)CC1CCCCC1O. The number of benzene rings is 1. The topological polar surface area (TPSA) is 43.7 Å². The van der Waals surface area contributed by atoms with Crippen LogP contribution in [0.4, 0.5) is 0 Å². The fourth-order valence-corrected chi connectivity index (χ4v) is 3.09. The molecule has 112 valence electrons. The van der Waals surface area contributed by atoms with Gasteiger partial charge in [-0.25, -0.2) is 0 Å². The Morgan fingerprint density at radius 2 is 1.90 bits per heavy atom. The predicted molar refractivity (Wildman–Crippen MR) is 81.9 cm³/mol. The average Bonchev–Trinajstić information content (AvgIpc) is 2.42. The maximum atomic E-state index is 10.2. The molecule has 4 heteroatoms. The zero-order valence-electron chi connectivity index (χ0n) is 12.0. The molecule has 1 aromatic carbocycles. The van der Waals surface area contributed by atoms with Crippen LogP contribution in [0.5, 0.6) is 0 Å². The maximum Gasteiger partial charge on any atom is 0.0916 e. The lowest BCUT2D eigenvalue weighted by Gasteiger charge is -2.32. The number of likely N-dealkylation sites (N-methyl/N-ethyl adjacent to an activating group) is 1. The summed E-state index contributed by atoms with van der Waals surface area (Å²) in [6, 6.07) is 7.31. The lowest BCUT2D eigenvalue weighted by atomic mass is 9.86. The Morgan fingerprint density at radius 1 is 1.25 bits per heavy atom. The van der Waals surface area contributed by atoms with E-state index in [1.807, 2.05) is 19.2 Å². The van der Waals surface area contributed by atoms with Crippen molar-refractivity contribution in [2.24, 2.45) is 5.92 Å². The van der Waals surface area contributed by atoms with Crippen LogP contribution in [-0.2, 0) is 0 Å². The van der Waals surface area contributed by atoms with Crippen LogP contribution in [0.3, 0.4) is 0 Å². The summed E-state index contributed by atoms with van der Waals surface area (Å²) in [5, 5.41) is 20.9. The minimum Gasteiger partial charge on any atom is -0.393 e. The van der Waals surface area contributed by atoms with Crippen LogP contribution in [0.2, 0.25) is 5.02 Å². The van der Waals surface area contributed by atoms with Crippen LogP contribution in [0, 0.1) is 5.92 Å². The van der Waals surface area contributed by atoms with Gasteiger partial charge in [-0.3, -0.25) is 0 Å². The predicted octanol–water partition coefficient (Wildman–Crippen LogP) is 2.86. The summed E-state index contributed by atoms with van der Waals surface area (Å²) < 4.78 is 0. The lowest BCUT2D eigenvalue weighted by molar-refractivity contribution is 0.0400. The van der Waals surface area contributed by atoms with E-state index < -0.39 is 6.10 Å². The van der Waals surface area contributed by atoms with Crippen molar-refractivity contribution in [1.82, 2.24) is 4.90 Å². The first-order valence-electron chi connectivity index (χ1n) is 7.36. The number of hydrogen-bond donors (Lipinski definition) is 2. The van der Waals surface area contributed by atoms with Gasteiger partial charge >= 0.3 is 0 Å². The first kappa shape index (κ1) is 15.8. The molecule has 20 heavy (non-hydrogen) atoms. The van der Waals surface area contributed by atoms with Crippen molar-refractivity contribution in [3.8, 4) is 0 Å². The molecule has 2 rings (SSSR count). The Bertz CT molecular complexity index is 409. The molecule has 1 fully saturated rings. The van der Waals surface area contributed by atoms with Crippen LogP contribution < -0.4 is 0 Å². The molecule has 0 saturated heterocycles. The Kier molecular flexibility index (Phi) is 5.85. The largest absolute Gasteiger partial charge is 0.393 e. The molecule has 1 saturated carbocycles. The molecule has 0 bridgehead atoms. The average molecular weight is 298 g/mol. The van der Waals surface area contributed by atoms with Crippen molar-refractivity contribution in [2.45, 2.75) is 37.9 Å². The molecule has 0 aliphatic heterocycles. The van der Waals surface area contributed by atoms with Gasteiger partial charge in [-0.2, -0.15) is 0 Å². The van der Waals surface area contributed by atoms with Gasteiger partial charge in [-0.1, -0.05) is 36.6 Å². The van der Waals surface area contributed by atoms with E-state index in [-0.39, 0.29) is 6.10 Å².